The van der Waals surface area contributed by atoms with Gasteiger partial charge in [0.2, 0.25) is 0 Å². The topological polar surface area (TPSA) is 50.2 Å². The molecule has 0 amide bonds. The van der Waals surface area contributed by atoms with Gasteiger partial charge in [0.05, 0.1) is 11.3 Å². The fourth-order valence-electron chi connectivity index (χ4n) is 1.87. The van der Waals surface area contributed by atoms with Crippen LogP contribution in [-0.2, 0) is 0 Å². The van der Waals surface area contributed by atoms with E-state index < -0.39 is 0 Å². The maximum absolute atomic E-state index is 10.9. The lowest BCUT2D eigenvalue weighted by Crippen LogP contribution is -1.95. The molecule has 0 aliphatic carbocycles. The Morgan fingerprint density at radius 3 is 2.62 bits per heavy atom. The molecule has 3 heteroatoms. The summed E-state index contributed by atoms with van der Waals surface area (Å²) in [5.41, 5.74) is 1.28. The van der Waals surface area contributed by atoms with E-state index in [0.717, 1.165) is 16.5 Å². The first-order valence-electron chi connectivity index (χ1n) is 5.21. The minimum absolute atomic E-state index is 0.0170. The molecule has 1 aromatic heterocycles. The monoisotopic (exact) mass is 215 g/mol. The molecule has 1 aromatic carbocycles. The van der Waals surface area contributed by atoms with Crippen molar-refractivity contribution >= 4 is 17.1 Å². The van der Waals surface area contributed by atoms with E-state index in [1.807, 2.05) is 0 Å². The van der Waals surface area contributed by atoms with Crippen molar-refractivity contribution in [1.82, 2.24) is 4.98 Å². The summed E-state index contributed by atoms with van der Waals surface area (Å²) in [6, 6.07) is 5.10. The second-order valence-corrected chi connectivity index (χ2v) is 4.06. The number of aromatic nitrogens is 1. The van der Waals surface area contributed by atoms with Crippen LogP contribution in [0.2, 0.25) is 0 Å². The van der Waals surface area contributed by atoms with Crippen molar-refractivity contribution in [3.05, 3.63) is 35.7 Å². The number of nitrogens with zero attached hydrogens (tertiary/aromatic N) is 1. The van der Waals surface area contributed by atoms with E-state index in [-0.39, 0.29) is 11.7 Å². The van der Waals surface area contributed by atoms with Gasteiger partial charge in [0, 0.05) is 11.6 Å². The van der Waals surface area contributed by atoms with E-state index in [2.05, 4.69) is 18.8 Å². The number of benzene rings is 1. The lowest BCUT2D eigenvalue weighted by Gasteiger charge is -2.10. The fraction of sp³-hybridized carbons (Fsp3) is 0.231. The molecule has 0 saturated heterocycles. The third kappa shape index (κ3) is 1.54. The maximum atomic E-state index is 10.9. The van der Waals surface area contributed by atoms with Crippen LogP contribution in [0, 0.1) is 0 Å². The van der Waals surface area contributed by atoms with E-state index in [1.54, 1.807) is 24.4 Å². The first-order valence-corrected chi connectivity index (χ1v) is 5.21. The van der Waals surface area contributed by atoms with Gasteiger partial charge in [-0.2, -0.15) is 0 Å². The van der Waals surface area contributed by atoms with Gasteiger partial charge in [-0.25, -0.2) is 0 Å². The predicted octanol–water partition coefficient (Wildman–Crippen LogP) is 2.88. The van der Waals surface area contributed by atoms with Gasteiger partial charge >= 0.3 is 0 Å². The van der Waals surface area contributed by atoms with Gasteiger partial charge in [-0.3, -0.25) is 9.78 Å². The number of phenolic OH excluding ortho intramolecular Hbond substituents is 1. The molecule has 0 saturated carbocycles. The number of aldehydes is 1. The number of rotatable bonds is 2. The van der Waals surface area contributed by atoms with Gasteiger partial charge in [0.15, 0.2) is 6.29 Å². The second-order valence-electron chi connectivity index (χ2n) is 4.06. The van der Waals surface area contributed by atoms with Gasteiger partial charge in [0.25, 0.3) is 0 Å². The van der Waals surface area contributed by atoms with Crippen molar-refractivity contribution in [2.75, 3.05) is 0 Å². The maximum Gasteiger partial charge on any atom is 0.154 e. The Labute approximate surface area is 93.7 Å². The largest absolute Gasteiger partial charge is 0.507 e. The Morgan fingerprint density at radius 1 is 1.25 bits per heavy atom. The van der Waals surface area contributed by atoms with Gasteiger partial charge < -0.3 is 5.11 Å². The van der Waals surface area contributed by atoms with E-state index in [0.29, 0.717) is 11.8 Å². The normalized spacial score (nSPS) is 10.9. The number of hydrogen-bond donors (Lipinski definition) is 1. The highest BCUT2D eigenvalue weighted by Gasteiger charge is 2.11. The molecule has 82 valence electrons. The van der Waals surface area contributed by atoms with Crippen LogP contribution in [0.1, 0.15) is 35.8 Å². The van der Waals surface area contributed by atoms with Crippen LogP contribution in [0.5, 0.6) is 5.75 Å². The van der Waals surface area contributed by atoms with E-state index in [1.165, 1.54) is 0 Å². The predicted molar refractivity (Wildman–Crippen MR) is 62.9 cm³/mol. The van der Waals surface area contributed by atoms with Crippen LogP contribution in [0.15, 0.2) is 24.4 Å². The average Bonchev–Trinajstić information content (AvgIpc) is 2.27. The Morgan fingerprint density at radius 2 is 2.00 bits per heavy atom. The first kappa shape index (κ1) is 10.6. The standard InChI is InChI=1S/C13H13NO2/c1-8(2)13-10-3-4-12(16)11(7-15)9(10)5-6-14-13/h3-8,16H,1-2H3. The number of aromatic hydroxyl groups is 1. The second kappa shape index (κ2) is 3.93. The number of carbonyl (C=O) groups excluding carboxylic acids is 1. The summed E-state index contributed by atoms with van der Waals surface area (Å²) in [6.07, 6.45) is 2.35. The Hall–Kier alpha value is -1.90. The summed E-state index contributed by atoms with van der Waals surface area (Å²) in [6.45, 7) is 4.10. The van der Waals surface area contributed by atoms with Crippen LogP contribution >= 0.6 is 0 Å². The molecule has 0 bridgehead atoms. The zero-order valence-electron chi connectivity index (χ0n) is 9.27. The van der Waals surface area contributed by atoms with Crippen LogP contribution in [0.4, 0.5) is 0 Å². The van der Waals surface area contributed by atoms with Crippen molar-refractivity contribution in [3.8, 4) is 5.75 Å². The Balaban J connectivity index is 2.86. The molecule has 16 heavy (non-hydrogen) atoms. The summed E-state index contributed by atoms with van der Waals surface area (Å²) >= 11 is 0. The lowest BCUT2D eigenvalue weighted by atomic mass is 9.99. The molecule has 0 fully saturated rings. The van der Waals surface area contributed by atoms with E-state index >= 15 is 0 Å². The van der Waals surface area contributed by atoms with Crippen molar-refractivity contribution in [2.24, 2.45) is 0 Å². The Kier molecular flexibility index (Phi) is 2.60. The Bertz CT molecular complexity index is 547. The molecule has 0 atom stereocenters. The number of fused-ring (bicyclic) bond motifs is 1. The number of hydrogen-bond acceptors (Lipinski definition) is 3. The van der Waals surface area contributed by atoms with Crippen molar-refractivity contribution in [2.45, 2.75) is 19.8 Å². The average molecular weight is 215 g/mol. The summed E-state index contributed by atoms with van der Waals surface area (Å²) in [5, 5.41) is 11.3. The van der Waals surface area contributed by atoms with Crippen molar-refractivity contribution < 1.29 is 9.90 Å². The van der Waals surface area contributed by atoms with E-state index in [4.69, 9.17) is 0 Å². The zero-order chi connectivity index (χ0) is 11.7. The summed E-state index contributed by atoms with van der Waals surface area (Å²) in [7, 11) is 0. The summed E-state index contributed by atoms with van der Waals surface area (Å²) in [4.78, 5) is 15.3. The zero-order valence-corrected chi connectivity index (χ0v) is 9.27. The van der Waals surface area contributed by atoms with Gasteiger partial charge in [-0.15, -0.1) is 0 Å². The lowest BCUT2D eigenvalue weighted by molar-refractivity contribution is 0.112. The third-order valence-electron chi connectivity index (χ3n) is 2.66. The van der Waals surface area contributed by atoms with Crippen LogP contribution in [0.25, 0.3) is 10.8 Å². The van der Waals surface area contributed by atoms with Crippen LogP contribution in [0.3, 0.4) is 0 Å². The molecular formula is C13H13NO2. The molecule has 2 rings (SSSR count). The molecule has 0 spiro atoms. The molecule has 0 unspecified atom stereocenters. The number of pyridine rings is 1. The molecule has 2 aromatic rings. The summed E-state index contributed by atoms with van der Waals surface area (Å²) in [5.74, 6) is 0.302. The molecule has 1 heterocycles. The third-order valence-corrected chi connectivity index (χ3v) is 2.66. The number of phenols is 1. The SMILES string of the molecule is CC(C)c1nccc2c(C=O)c(O)ccc12. The highest BCUT2D eigenvalue weighted by molar-refractivity contribution is 6.01. The summed E-state index contributed by atoms with van der Waals surface area (Å²) < 4.78 is 0. The van der Waals surface area contributed by atoms with Crippen molar-refractivity contribution in [3.63, 3.8) is 0 Å². The molecule has 0 radical (unpaired) electrons. The molecular weight excluding hydrogens is 202 g/mol. The quantitative estimate of drug-likeness (QED) is 0.783. The smallest absolute Gasteiger partial charge is 0.154 e. The molecule has 0 aliphatic rings. The molecule has 1 N–H and O–H groups in total. The molecule has 3 nitrogen and oxygen atoms in total. The minimum Gasteiger partial charge on any atom is -0.507 e. The first-order chi connectivity index (χ1) is 7.65. The van der Waals surface area contributed by atoms with Gasteiger partial charge in [-0.05, 0) is 29.5 Å². The van der Waals surface area contributed by atoms with Crippen molar-refractivity contribution in [1.29, 1.82) is 0 Å². The van der Waals surface area contributed by atoms with E-state index in [9.17, 15) is 9.90 Å². The highest BCUT2D eigenvalue weighted by Crippen LogP contribution is 2.29. The molecule has 0 aliphatic heterocycles. The van der Waals surface area contributed by atoms with Gasteiger partial charge in [-0.1, -0.05) is 13.8 Å². The fourth-order valence-corrected chi connectivity index (χ4v) is 1.87. The van der Waals surface area contributed by atoms with Crippen LogP contribution < -0.4 is 0 Å². The highest BCUT2D eigenvalue weighted by atomic mass is 16.3. The van der Waals surface area contributed by atoms with Gasteiger partial charge in [0.1, 0.15) is 5.75 Å². The van der Waals surface area contributed by atoms with Crippen LogP contribution in [-0.4, -0.2) is 16.4 Å². The minimum atomic E-state index is 0.0170. The number of carbonyl (C=O) groups is 1.